The Kier molecular flexibility index (Phi) is 4.35. The predicted molar refractivity (Wildman–Crippen MR) is 77.3 cm³/mol. The van der Waals surface area contributed by atoms with Crippen LogP contribution in [0.5, 0.6) is 11.5 Å². The summed E-state index contributed by atoms with van der Waals surface area (Å²) in [6.45, 7) is 0. The number of nitrogens with zero attached hydrogens (tertiary/aromatic N) is 2. The van der Waals surface area contributed by atoms with Gasteiger partial charge in [0.25, 0.3) is 0 Å². The predicted octanol–water partition coefficient (Wildman–Crippen LogP) is 3.16. The van der Waals surface area contributed by atoms with Gasteiger partial charge in [0.2, 0.25) is 0 Å². The van der Waals surface area contributed by atoms with Crippen LogP contribution >= 0.6 is 0 Å². The standard InChI is InChI=1S/C16H14N2O2/c1-19-15-8-12(9-16(10-15)20-2)13(11-17)7-14-5-3-4-6-18-14/h3-10H,1-2H3/b13-7+. The molecule has 0 radical (unpaired) electrons. The highest BCUT2D eigenvalue weighted by atomic mass is 16.5. The molecule has 0 aliphatic rings. The van der Waals surface area contributed by atoms with Crippen LogP contribution in [-0.4, -0.2) is 19.2 Å². The molecule has 0 aliphatic heterocycles. The maximum atomic E-state index is 9.34. The van der Waals surface area contributed by atoms with E-state index >= 15 is 0 Å². The van der Waals surface area contributed by atoms with Gasteiger partial charge in [-0.25, -0.2) is 0 Å². The maximum Gasteiger partial charge on any atom is 0.123 e. The van der Waals surface area contributed by atoms with Crippen molar-refractivity contribution in [1.29, 1.82) is 5.26 Å². The number of nitriles is 1. The van der Waals surface area contributed by atoms with E-state index in [2.05, 4.69) is 11.1 Å². The number of rotatable bonds is 4. The molecule has 2 aromatic rings. The SMILES string of the molecule is COc1cc(OC)cc(/C(C#N)=C/c2ccccn2)c1. The molecule has 0 fully saturated rings. The third kappa shape index (κ3) is 3.15. The second kappa shape index (κ2) is 6.39. The number of allylic oxidation sites excluding steroid dienone is 1. The fourth-order valence-corrected chi connectivity index (χ4v) is 1.75. The van der Waals surface area contributed by atoms with Crippen molar-refractivity contribution in [2.75, 3.05) is 14.2 Å². The number of ether oxygens (including phenoxy) is 2. The van der Waals surface area contributed by atoms with Gasteiger partial charge in [0.1, 0.15) is 11.5 Å². The summed E-state index contributed by atoms with van der Waals surface area (Å²) in [6.07, 6.45) is 3.42. The lowest BCUT2D eigenvalue weighted by Crippen LogP contribution is -1.91. The Hall–Kier alpha value is -2.80. The van der Waals surface area contributed by atoms with Gasteiger partial charge >= 0.3 is 0 Å². The Morgan fingerprint density at radius 3 is 2.35 bits per heavy atom. The first-order chi connectivity index (χ1) is 9.76. The van der Waals surface area contributed by atoms with Crippen LogP contribution in [0.3, 0.4) is 0 Å². The highest BCUT2D eigenvalue weighted by Gasteiger charge is 2.07. The van der Waals surface area contributed by atoms with E-state index in [-0.39, 0.29) is 0 Å². The van der Waals surface area contributed by atoms with Crippen LogP contribution in [-0.2, 0) is 0 Å². The summed E-state index contributed by atoms with van der Waals surface area (Å²) in [5, 5.41) is 9.34. The lowest BCUT2D eigenvalue weighted by Gasteiger charge is -2.07. The van der Waals surface area contributed by atoms with Crippen molar-refractivity contribution in [3.05, 3.63) is 53.9 Å². The zero-order chi connectivity index (χ0) is 14.4. The van der Waals surface area contributed by atoms with E-state index in [0.717, 1.165) is 11.3 Å². The van der Waals surface area contributed by atoms with Gasteiger partial charge in [0.05, 0.1) is 31.6 Å². The van der Waals surface area contributed by atoms with Gasteiger partial charge in [-0.1, -0.05) is 6.07 Å². The van der Waals surface area contributed by atoms with Crippen molar-refractivity contribution in [1.82, 2.24) is 4.98 Å². The number of hydrogen-bond donors (Lipinski definition) is 0. The Balaban J connectivity index is 2.47. The van der Waals surface area contributed by atoms with E-state index in [4.69, 9.17) is 9.47 Å². The molecule has 20 heavy (non-hydrogen) atoms. The smallest absolute Gasteiger partial charge is 0.123 e. The molecular weight excluding hydrogens is 252 g/mol. The van der Waals surface area contributed by atoms with Crippen molar-refractivity contribution in [2.45, 2.75) is 0 Å². The highest BCUT2D eigenvalue weighted by Crippen LogP contribution is 2.27. The minimum atomic E-state index is 0.501. The third-order valence-electron chi connectivity index (χ3n) is 2.76. The molecule has 0 amide bonds. The van der Waals surface area contributed by atoms with E-state index in [0.29, 0.717) is 17.1 Å². The topological polar surface area (TPSA) is 55.1 Å². The second-order valence-electron chi connectivity index (χ2n) is 4.03. The molecule has 0 aliphatic carbocycles. The van der Waals surface area contributed by atoms with Crippen LogP contribution in [0.1, 0.15) is 11.3 Å². The fourth-order valence-electron chi connectivity index (χ4n) is 1.75. The molecular formula is C16H14N2O2. The average Bonchev–Trinajstić information content (AvgIpc) is 2.53. The van der Waals surface area contributed by atoms with Gasteiger partial charge in [-0.2, -0.15) is 5.26 Å². The summed E-state index contributed by atoms with van der Waals surface area (Å²) >= 11 is 0. The molecule has 0 spiro atoms. The first kappa shape index (κ1) is 13.6. The zero-order valence-corrected chi connectivity index (χ0v) is 11.3. The van der Waals surface area contributed by atoms with Gasteiger partial charge in [0, 0.05) is 12.3 Å². The van der Waals surface area contributed by atoms with Gasteiger partial charge < -0.3 is 9.47 Å². The molecule has 2 rings (SSSR count). The van der Waals surface area contributed by atoms with Crippen molar-refractivity contribution < 1.29 is 9.47 Å². The Bertz CT molecular complexity index is 636. The molecule has 0 atom stereocenters. The van der Waals surface area contributed by atoms with E-state index < -0.39 is 0 Å². The van der Waals surface area contributed by atoms with E-state index in [1.54, 1.807) is 44.7 Å². The Morgan fingerprint density at radius 2 is 1.85 bits per heavy atom. The maximum absolute atomic E-state index is 9.34. The van der Waals surface area contributed by atoms with Crippen LogP contribution in [0.15, 0.2) is 42.6 Å². The summed E-state index contributed by atoms with van der Waals surface area (Å²) in [6, 6.07) is 13.1. The zero-order valence-electron chi connectivity index (χ0n) is 11.3. The van der Waals surface area contributed by atoms with Gasteiger partial charge in [-0.15, -0.1) is 0 Å². The minimum Gasteiger partial charge on any atom is -0.497 e. The monoisotopic (exact) mass is 266 g/mol. The van der Waals surface area contributed by atoms with Gasteiger partial charge in [-0.05, 0) is 35.9 Å². The number of benzene rings is 1. The van der Waals surface area contributed by atoms with E-state index in [1.807, 2.05) is 18.2 Å². The molecule has 1 aromatic heterocycles. The minimum absolute atomic E-state index is 0.501. The second-order valence-corrected chi connectivity index (χ2v) is 4.03. The van der Waals surface area contributed by atoms with Crippen molar-refractivity contribution >= 4 is 11.6 Å². The van der Waals surface area contributed by atoms with Crippen LogP contribution in [0.2, 0.25) is 0 Å². The Labute approximate surface area is 117 Å². The van der Waals surface area contributed by atoms with E-state index in [1.165, 1.54) is 0 Å². The largest absolute Gasteiger partial charge is 0.497 e. The van der Waals surface area contributed by atoms with Crippen molar-refractivity contribution in [2.24, 2.45) is 0 Å². The number of aromatic nitrogens is 1. The average molecular weight is 266 g/mol. The molecule has 4 nitrogen and oxygen atoms in total. The number of pyridine rings is 1. The van der Waals surface area contributed by atoms with Crippen molar-refractivity contribution in [3.63, 3.8) is 0 Å². The number of methoxy groups -OCH3 is 2. The Morgan fingerprint density at radius 1 is 1.15 bits per heavy atom. The van der Waals surface area contributed by atoms with Crippen LogP contribution < -0.4 is 9.47 Å². The third-order valence-corrected chi connectivity index (χ3v) is 2.76. The molecule has 0 N–H and O–H groups in total. The molecule has 0 saturated carbocycles. The first-order valence-electron chi connectivity index (χ1n) is 6.03. The summed E-state index contributed by atoms with van der Waals surface area (Å²) in [7, 11) is 3.15. The summed E-state index contributed by atoms with van der Waals surface area (Å²) in [4.78, 5) is 4.19. The summed E-state index contributed by atoms with van der Waals surface area (Å²) in [5.41, 5.74) is 1.96. The summed E-state index contributed by atoms with van der Waals surface area (Å²) in [5.74, 6) is 1.28. The molecule has 0 unspecified atom stereocenters. The first-order valence-corrected chi connectivity index (χ1v) is 6.03. The lowest BCUT2D eigenvalue weighted by atomic mass is 10.0. The normalized spacial score (nSPS) is 10.8. The van der Waals surface area contributed by atoms with Crippen LogP contribution in [0.4, 0.5) is 0 Å². The van der Waals surface area contributed by atoms with Crippen LogP contribution in [0, 0.1) is 11.3 Å². The van der Waals surface area contributed by atoms with Gasteiger partial charge in [0.15, 0.2) is 0 Å². The molecule has 1 aromatic carbocycles. The molecule has 1 heterocycles. The lowest BCUT2D eigenvalue weighted by molar-refractivity contribution is 0.394. The van der Waals surface area contributed by atoms with E-state index in [9.17, 15) is 5.26 Å². The quantitative estimate of drug-likeness (QED) is 0.798. The molecule has 100 valence electrons. The summed E-state index contributed by atoms with van der Waals surface area (Å²) < 4.78 is 10.4. The van der Waals surface area contributed by atoms with Crippen LogP contribution in [0.25, 0.3) is 11.6 Å². The van der Waals surface area contributed by atoms with Crippen molar-refractivity contribution in [3.8, 4) is 17.6 Å². The highest BCUT2D eigenvalue weighted by molar-refractivity contribution is 5.89. The number of hydrogen-bond acceptors (Lipinski definition) is 4. The molecule has 0 bridgehead atoms. The van der Waals surface area contributed by atoms with Gasteiger partial charge in [-0.3, -0.25) is 4.98 Å². The molecule has 4 heteroatoms. The fraction of sp³-hybridized carbons (Fsp3) is 0.125. The molecule has 0 saturated heterocycles.